The Labute approximate surface area is 164 Å². The second-order valence-electron chi connectivity index (χ2n) is 6.29. The summed E-state index contributed by atoms with van der Waals surface area (Å²) < 4.78 is 15.7. The van der Waals surface area contributed by atoms with Crippen molar-refractivity contribution in [3.05, 3.63) is 65.4 Å². The fourth-order valence-corrected chi connectivity index (χ4v) is 2.90. The Kier molecular flexibility index (Phi) is 6.32. The van der Waals surface area contributed by atoms with E-state index in [1.165, 1.54) is 0 Å². The number of amides is 2. The minimum Gasteiger partial charge on any atom is -0.497 e. The third kappa shape index (κ3) is 4.71. The maximum atomic E-state index is 12.5. The van der Waals surface area contributed by atoms with Gasteiger partial charge in [-0.3, -0.25) is 4.79 Å². The van der Waals surface area contributed by atoms with Gasteiger partial charge in [0.1, 0.15) is 11.5 Å². The Bertz CT molecular complexity index is 856. The highest BCUT2D eigenvalue weighted by Crippen LogP contribution is 2.22. The molecule has 2 amide bonds. The highest BCUT2D eigenvalue weighted by molar-refractivity contribution is 6.09. The average molecular weight is 381 g/mol. The number of cyclic esters (lactones) is 1. The fourth-order valence-electron chi connectivity index (χ4n) is 2.90. The van der Waals surface area contributed by atoms with Crippen molar-refractivity contribution < 1.29 is 23.8 Å². The van der Waals surface area contributed by atoms with Crippen LogP contribution in [0, 0.1) is 0 Å². The van der Waals surface area contributed by atoms with Crippen molar-refractivity contribution in [3.8, 4) is 11.5 Å². The number of nitrogens with zero attached hydrogens (tertiary/aromatic N) is 1. The Hall–Kier alpha value is -3.28. The van der Waals surface area contributed by atoms with Crippen LogP contribution in [0.5, 0.6) is 11.5 Å². The number of hydrogen-bond acceptors (Lipinski definition) is 5. The van der Waals surface area contributed by atoms with E-state index in [1.807, 2.05) is 31.2 Å². The van der Waals surface area contributed by atoms with Gasteiger partial charge in [-0.05, 0) is 61.2 Å². The lowest BCUT2D eigenvalue weighted by Crippen LogP contribution is -2.30. The molecule has 0 aromatic heterocycles. The van der Waals surface area contributed by atoms with Gasteiger partial charge in [-0.2, -0.15) is 0 Å². The smallest absolute Gasteiger partial charge is 0.422 e. The quantitative estimate of drug-likeness (QED) is 0.646. The molecular weight excluding hydrogens is 358 g/mol. The van der Waals surface area contributed by atoms with Gasteiger partial charge >= 0.3 is 6.09 Å². The van der Waals surface area contributed by atoms with Crippen LogP contribution in [-0.2, 0) is 16.0 Å². The summed E-state index contributed by atoms with van der Waals surface area (Å²) in [4.78, 5) is 25.7. The molecule has 6 nitrogen and oxygen atoms in total. The molecule has 2 aromatic rings. The largest absolute Gasteiger partial charge is 0.497 e. The van der Waals surface area contributed by atoms with E-state index in [4.69, 9.17) is 14.2 Å². The number of hydrogen-bond donors (Lipinski definition) is 0. The molecule has 0 unspecified atom stereocenters. The molecule has 6 heteroatoms. The molecule has 1 aliphatic heterocycles. The van der Waals surface area contributed by atoms with Crippen molar-refractivity contribution in [1.82, 2.24) is 4.90 Å². The Balaban J connectivity index is 1.56. The maximum absolute atomic E-state index is 12.5. The molecule has 0 radical (unpaired) electrons. The fraction of sp³-hybridized carbons (Fsp3) is 0.273. The van der Waals surface area contributed by atoms with Gasteiger partial charge in [-0.25, -0.2) is 9.69 Å². The van der Waals surface area contributed by atoms with Crippen molar-refractivity contribution >= 4 is 18.1 Å². The zero-order valence-electron chi connectivity index (χ0n) is 16.0. The van der Waals surface area contributed by atoms with Gasteiger partial charge in [0.05, 0.1) is 13.7 Å². The first-order chi connectivity index (χ1) is 13.6. The summed E-state index contributed by atoms with van der Waals surface area (Å²) in [5, 5.41) is 0. The number of imide groups is 1. The minimum absolute atomic E-state index is 0.0382. The van der Waals surface area contributed by atoms with Crippen LogP contribution in [0.2, 0.25) is 0 Å². The second kappa shape index (κ2) is 9.08. The van der Waals surface area contributed by atoms with E-state index in [-0.39, 0.29) is 5.76 Å². The summed E-state index contributed by atoms with van der Waals surface area (Å²) in [6.45, 7) is 2.88. The van der Waals surface area contributed by atoms with Gasteiger partial charge in [-0.1, -0.05) is 24.3 Å². The minimum atomic E-state index is -0.628. The Morgan fingerprint density at radius 2 is 1.68 bits per heavy atom. The summed E-state index contributed by atoms with van der Waals surface area (Å²) in [6, 6.07) is 15.0. The molecule has 1 saturated heterocycles. The lowest BCUT2D eigenvalue weighted by atomic mass is 10.1. The average Bonchev–Trinajstić information content (AvgIpc) is 2.97. The first kappa shape index (κ1) is 19.5. The SMILES string of the molecule is CCOc1ccc(CCCN2C(=O)OC(=Cc3ccc(OC)cc3)C2=O)cc1. The van der Waals surface area contributed by atoms with Gasteiger partial charge in [-0.15, -0.1) is 0 Å². The maximum Gasteiger partial charge on any atom is 0.422 e. The summed E-state index contributed by atoms with van der Waals surface area (Å²) in [5.74, 6) is 1.18. The lowest BCUT2D eigenvalue weighted by molar-refractivity contribution is -0.123. The molecule has 0 N–H and O–H groups in total. The zero-order valence-corrected chi connectivity index (χ0v) is 16.0. The van der Waals surface area contributed by atoms with Crippen LogP contribution in [0.4, 0.5) is 4.79 Å². The predicted molar refractivity (Wildman–Crippen MR) is 105 cm³/mol. The van der Waals surface area contributed by atoms with Crippen LogP contribution in [0.15, 0.2) is 54.3 Å². The standard InChI is InChI=1S/C22H23NO5/c1-3-27-19-12-6-16(7-13-19)5-4-14-23-21(24)20(28-22(23)25)15-17-8-10-18(26-2)11-9-17/h6-13,15H,3-5,14H2,1-2H3. The number of methoxy groups -OCH3 is 1. The van der Waals surface area contributed by atoms with E-state index in [0.29, 0.717) is 25.3 Å². The molecule has 1 aliphatic rings. The van der Waals surface area contributed by atoms with E-state index in [9.17, 15) is 9.59 Å². The number of carbonyl (C=O) groups is 2. The highest BCUT2D eigenvalue weighted by Gasteiger charge is 2.35. The second-order valence-corrected chi connectivity index (χ2v) is 6.29. The molecule has 3 rings (SSSR count). The lowest BCUT2D eigenvalue weighted by Gasteiger charge is -2.10. The van der Waals surface area contributed by atoms with Crippen molar-refractivity contribution in [3.63, 3.8) is 0 Å². The van der Waals surface area contributed by atoms with Gasteiger partial charge in [0.15, 0.2) is 5.76 Å². The molecule has 0 aliphatic carbocycles. The molecule has 146 valence electrons. The van der Waals surface area contributed by atoms with Crippen molar-refractivity contribution in [2.24, 2.45) is 0 Å². The molecule has 28 heavy (non-hydrogen) atoms. The Morgan fingerprint density at radius 3 is 2.32 bits per heavy atom. The van der Waals surface area contributed by atoms with Crippen LogP contribution >= 0.6 is 0 Å². The van der Waals surface area contributed by atoms with Gasteiger partial charge in [0.2, 0.25) is 0 Å². The molecule has 0 spiro atoms. The molecule has 1 fully saturated rings. The predicted octanol–water partition coefficient (Wildman–Crippen LogP) is 4.05. The third-order valence-electron chi connectivity index (χ3n) is 4.37. The van der Waals surface area contributed by atoms with E-state index in [2.05, 4.69) is 0 Å². The summed E-state index contributed by atoms with van der Waals surface area (Å²) >= 11 is 0. The zero-order chi connectivity index (χ0) is 19.9. The number of aryl methyl sites for hydroxylation is 1. The Morgan fingerprint density at radius 1 is 1.00 bits per heavy atom. The van der Waals surface area contributed by atoms with E-state index in [1.54, 1.807) is 37.5 Å². The summed E-state index contributed by atoms with van der Waals surface area (Å²) in [6.07, 6.45) is 2.34. The van der Waals surface area contributed by atoms with Crippen LogP contribution in [0.3, 0.4) is 0 Å². The molecule has 0 saturated carbocycles. The molecule has 0 atom stereocenters. The number of benzene rings is 2. The molecular formula is C22H23NO5. The number of rotatable bonds is 8. The van der Waals surface area contributed by atoms with E-state index >= 15 is 0 Å². The summed E-state index contributed by atoms with van der Waals surface area (Å²) in [5.41, 5.74) is 1.88. The first-order valence-corrected chi connectivity index (χ1v) is 9.22. The number of carbonyl (C=O) groups excluding carboxylic acids is 2. The van der Waals surface area contributed by atoms with Crippen molar-refractivity contribution in [1.29, 1.82) is 0 Å². The molecule has 1 heterocycles. The number of ether oxygens (including phenoxy) is 3. The summed E-state index contributed by atoms with van der Waals surface area (Å²) in [7, 11) is 1.58. The normalized spacial score (nSPS) is 15.1. The van der Waals surface area contributed by atoms with Crippen LogP contribution < -0.4 is 9.47 Å². The van der Waals surface area contributed by atoms with Crippen molar-refractivity contribution in [2.75, 3.05) is 20.3 Å². The van der Waals surface area contributed by atoms with Crippen LogP contribution in [0.1, 0.15) is 24.5 Å². The van der Waals surface area contributed by atoms with Crippen LogP contribution in [0.25, 0.3) is 6.08 Å². The first-order valence-electron chi connectivity index (χ1n) is 9.22. The van der Waals surface area contributed by atoms with Crippen LogP contribution in [-0.4, -0.2) is 37.2 Å². The van der Waals surface area contributed by atoms with Gasteiger partial charge in [0, 0.05) is 6.54 Å². The molecule has 2 aromatic carbocycles. The van der Waals surface area contributed by atoms with Crippen molar-refractivity contribution in [2.45, 2.75) is 19.8 Å². The van der Waals surface area contributed by atoms with Gasteiger partial charge < -0.3 is 14.2 Å². The molecule has 0 bridgehead atoms. The highest BCUT2D eigenvalue weighted by atomic mass is 16.6. The van der Waals surface area contributed by atoms with E-state index in [0.717, 1.165) is 28.2 Å². The monoisotopic (exact) mass is 381 g/mol. The van der Waals surface area contributed by atoms with E-state index < -0.39 is 12.0 Å². The van der Waals surface area contributed by atoms with Gasteiger partial charge in [0.25, 0.3) is 5.91 Å². The topological polar surface area (TPSA) is 65.1 Å². The third-order valence-corrected chi connectivity index (χ3v) is 4.37.